The van der Waals surface area contributed by atoms with E-state index >= 15 is 0 Å². The number of nitrogens with two attached hydrogens (primary N) is 1. The van der Waals surface area contributed by atoms with Crippen molar-refractivity contribution in [1.29, 1.82) is 5.41 Å². The maximum atomic E-state index is 7.38. The zero-order chi connectivity index (χ0) is 13.8. The van der Waals surface area contributed by atoms with Gasteiger partial charge in [-0.25, -0.2) is 4.98 Å². The van der Waals surface area contributed by atoms with E-state index in [1.54, 1.807) is 6.20 Å². The highest BCUT2D eigenvalue weighted by molar-refractivity contribution is 5.77. The molecule has 0 spiro atoms. The van der Waals surface area contributed by atoms with Crippen molar-refractivity contribution in [1.82, 2.24) is 4.98 Å². The Morgan fingerprint density at radius 3 is 2.89 bits per heavy atom. The lowest BCUT2D eigenvalue weighted by molar-refractivity contribution is 0.242. The van der Waals surface area contributed by atoms with Crippen molar-refractivity contribution in [3.8, 4) is 5.75 Å². The first-order chi connectivity index (χ1) is 9.08. The quantitative estimate of drug-likeness (QED) is 0.583. The van der Waals surface area contributed by atoms with Gasteiger partial charge in [-0.1, -0.05) is 0 Å². The Kier molecular flexibility index (Phi) is 4.24. The summed E-state index contributed by atoms with van der Waals surface area (Å²) in [4.78, 5) is 6.68. The van der Waals surface area contributed by atoms with Gasteiger partial charge in [0.15, 0.2) is 11.6 Å². The molecule has 0 saturated heterocycles. The maximum absolute atomic E-state index is 7.38. The minimum absolute atomic E-state index is 0.122. The van der Waals surface area contributed by atoms with Crippen LogP contribution in [-0.4, -0.2) is 29.5 Å². The van der Waals surface area contributed by atoms with Crippen molar-refractivity contribution < 1.29 is 4.74 Å². The van der Waals surface area contributed by atoms with Crippen LogP contribution in [0.25, 0.3) is 0 Å². The predicted octanol–water partition coefficient (Wildman–Crippen LogP) is 2.16. The van der Waals surface area contributed by atoms with Crippen LogP contribution in [0.3, 0.4) is 0 Å². The van der Waals surface area contributed by atoms with Crippen LogP contribution in [0.5, 0.6) is 5.75 Å². The lowest BCUT2D eigenvalue weighted by Crippen LogP contribution is -2.31. The van der Waals surface area contributed by atoms with E-state index in [9.17, 15) is 0 Å². The zero-order valence-corrected chi connectivity index (χ0v) is 11.6. The van der Waals surface area contributed by atoms with Crippen molar-refractivity contribution >= 4 is 11.7 Å². The Labute approximate surface area is 114 Å². The van der Waals surface area contributed by atoms with Crippen LogP contribution in [0.1, 0.15) is 33.1 Å². The number of rotatable bonds is 7. The van der Waals surface area contributed by atoms with Crippen LogP contribution < -0.4 is 15.4 Å². The molecule has 0 atom stereocenters. The average molecular weight is 262 g/mol. The summed E-state index contributed by atoms with van der Waals surface area (Å²) in [6, 6.07) is 4.35. The van der Waals surface area contributed by atoms with Gasteiger partial charge in [0.2, 0.25) is 0 Å². The fraction of sp³-hybridized carbons (Fsp3) is 0.571. The van der Waals surface area contributed by atoms with E-state index in [4.69, 9.17) is 15.9 Å². The van der Waals surface area contributed by atoms with Crippen LogP contribution in [-0.2, 0) is 0 Å². The fourth-order valence-corrected chi connectivity index (χ4v) is 2.03. The molecule has 2 rings (SSSR count). The van der Waals surface area contributed by atoms with Crippen molar-refractivity contribution in [2.45, 2.75) is 45.3 Å². The van der Waals surface area contributed by atoms with Crippen molar-refractivity contribution in [3.05, 3.63) is 18.3 Å². The molecule has 5 nitrogen and oxygen atoms in total. The molecule has 3 N–H and O–H groups in total. The molecule has 1 aromatic heterocycles. The number of anilines is 1. The molecule has 0 amide bonds. The van der Waals surface area contributed by atoms with Crippen LogP contribution in [0.4, 0.5) is 5.82 Å². The lowest BCUT2D eigenvalue weighted by atomic mass is 10.3. The van der Waals surface area contributed by atoms with E-state index in [0.29, 0.717) is 12.5 Å². The number of nitrogens with zero attached hydrogens (tertiary/aromatic N) is 2. The van der Waals surface area contributed by atoms with Gasteiger partial charge in [-0.3, -0.25) is 5.41 Å². The third-order valence-corrected chi connectivity index (χ3v) is 3.00. The molecular weight excluding hydrogens is 240 g/mol. The van der Waals surface area contributed by atoms with Gasteiger partial charge < -0.3 is 15.4 Å². The summed E-state index contributed by atoms with van der Waals surface area (Å²) in [5.41, 5.74) is 5.46. The van der Waals surface area contributed by atoms with E-state index in [1.807, 2.05) is 26.0 Å². The number of hydrogen-bond acceptors (Lipinski definition) is 4. The van der Waals surface area contributed by atoms with Crippen molar-refractivity contribution in [2.75, 3.05) is 11.4 Å². The monoisotopic (exact) mass is 262 g/mol. The highest BCUT2D eigenvalue weighted by atomic mass is 16.5. The lowest BCUT2D eigenvalue weighted by Gasteiger charge is -2.26. The van der Waals surface area contributed by atoms with Gasteiger partial charge in [0, 0.05) is 25.2 Å². The largest absolute Gasteiger partial charge is 0.487 e. The van der Waals surface area contributed by atoms with Crippen LogP contribution in [0.2, 0.25) is 0 Å². The molecule has 0 aliphatic heterocycles. The average Bonchev–Trinajstić information content (AvgIpc) is 3.14. The summed E-state index contributed by atoms with van der Waals surface area (Å²) in [5.74, 6) is 1.90. The summed E-state index contributed by atoms with van der Waals surface area (Å²) < 4.78 is 5.82. The second-order valence-corrected chi connectivity index (χ2v) is 5.19. The van der Waals surface area contributed by atoms with Gasteiger partial charge in [0.25, 0.3) is 0 Å². The van der Waals surface area contributed by atoms with E-state index in [0.717, 1.165) is 18.1 Å². The smallest absolute Gasteiger partial charge is 0.171 e. The second-order valence-electron chi connectivity index (χ2n) is 5.19. The molecule has 1 saturated carbocycles. The number of amidine groups is 1. The highest BCUT2D eigenvalue weighted by Gasteiger charge is 2.31. The molecule has 19 heavy (non-hydrogen) atoms. The number of pyridine rings is 1. The van der Waals surface area contributed by atoms with E-state index in [2.05, 4.69) is 9.88 Å². The molecule has 1 aromatic rings. The molecule has 1 fully saturated rings. The van der Waals surface area contributed by atoms with Crippen molar-refractivity contribution in [3.63, 3.8) is 0 Å². The SMILES string of the molecule is CC(C)Oc1cccnc1N(CCC(=N)N)C1CC1. The van der Waals surface area contributed by atoms with Gasteiger partial charge in [-0.05, 0) is 38.8 Å². The summed E-state index contributed by atoms with van der Waals surface area (Å²) in [6.45, 7) is 4.74. The number of ether oxygens (including phenoxy) is 1. The minimum Gasteiger partial charge on any atom is -0.487 e. The third-order valence-electron chi connectivity index (χ3n) is 3.00. The predicted molar refractivity (Wildman–Crippen MR) is 76.9 cm³/mol. The third kappa shape index (κ3) is 3.84. The molecule has 5 heteroatoms. The molecule has 1 aliphatic rings. The standard InChI is InChI=1S/C14H22N4O/c1-10(2)19-12-4-3-8-17-14(12)18(11-5-6-11)9-7-13(15)16/h3-4,8,10-11H,5-7,9H2,1-2H3,(H3,15,16). The summed E-state index contributed by atoms with van der Waals surface area (Å²) >= 11 is 0. The molecular formula is C14H22N4O. The van der Waals surface area contributed by atoms with Crippen LogP contribution in [0.15, 0.2) is 18.3 Å². The molecule has 0 aromatic carbocycles. The van der Waals surface area contributed by atoms with Gasteiger partial charge in [0.05, 0.1) is 11.9 Å². The van der Waals surface area contributed by atoms with Crippen LogP contribution >= 0.6 is 0 Å². The van der Waals surface area contributed by atoms with Gasteiger partial charge in [-0.2, -0.15) is 0 Å². The van der Waals surface area contributed by atoms with Crippen LogP contribution in [0, 0.1) is 5.41 Å². The maximum Gasteiger partial charge on any atom is 0.171 e. The molecule has 104 valence electrons. The minimum atomic E-state index is 0.122. The molecule has 0 radical (unpaired) electrons. The van der Waals surface area contributed by atoms with Gasteiger partial charge >= 0.3 is 0 Å². The Bertz CT molecular complexity index is 443. The number of nitrogens with one attached hydrogen (secondary N) is 1. The number of aromatic nitrogens is 1. The first kappa shape index (κ1) is 13.6. The Hall–Kier alpha value is -1.78. The summed E-state index contributed by atoms with van der Waals surface area (Å²) in [5, 5.41) is 7.38. The first-order valence-electron chi connectivity index (χ1n) is 6.79. The van der Waals surface area contributed by atoms with Gasteiger partial charge in [-0.15, -0.1) is 0 Å². The normalized spacial score (nSPS) is 14.5. The van der Waals surface area contributed by atoms with E-state index < -0.39 is 0 Å². The highest BCUT2D eigenvalue weighted by Crippen LogP contribution is 2.35. The van der Waals surface area contributed by atoms with Crippen molar-refractivity contribution in [2.24, 2.45) is 5.73 Å². The molecule has 0 unspecified atom stereocenters. The first-order valence-corrected chi connectivity index (χ1v) is 6.79. The summed E-state index contributed by atoms with van der Waals surface area (Å²) in [7, 11) is 0. The van der Waals surface area contributed by atoms with Gasteiger partial charge in [0.1, 0.15) is 0 Å². The molecule has 1 heterocycles. The topological polar surface area (TPSA) is 75.2 Å². The second kappa shape index (κ2) is 5.91. The number of hydrogen-bond donors (Lipinski definition) is 2. The Morgan fingerprint density at radius 1 is 1.58 bits per heavy atom. The fourth-order valence-electron chi connectivity index (χ4n) is 2.03. The Balaban J connectivity index is 2.18. The Morgan fingerprint density at radius 2 is 2.32 bits per heavy atom. The van der Waals surface area contributed by atoms with E-state index in [1.165, 1.54) is 12.8 Å². The zero-order valence-electron chi connectivity index (χ0n) is 11.6. The van der Waals surface area contributed by atoms with E-state index in [-0.39, 0.29) is 11.9 Å². The molecule has 1 aliphatic carbocycles. The summed E-state index contributed by atoms with van der Waals surface area (Å²) in [6.07, 6.45) is 4.82. The molecule has 0 bridgehead atoms.